The van der Waals surface area contributed by atoms with Crippen molar-refractivity contribution in [1.82, 2.24) is 5.32 Å². The number of hydrogen-bond donors (Lipinski definition) is 2. The molecule has 3 N–H and O–H groups in total. The molecule has 0 spiro atoms. The Bertz CT molecular complexity index is 884. The fourth-order valence-corrected chi connectivity index (χ4v) is 3.66. The Labute approximate surface area is 161 Å². The average Bonchev–Trinajstić information content (AvgIpc) is 3.21. The molecule has 0 aliphatic rings. The summed E-state index contributed by atoms with van der Waals surface area (Å²) in [6, 6.07) is 17.2. The third-order valence-electron chi connectivity index (χ3n) is 4.39. The van der Waals surface area contributed by atoms with Crippen molar-refractivity contribution in [1.29, 1.82) is 0 Å². The molecule has 0 bridgehead atoms. The number of thiophene rings is 1. The van der Waals surface area contributed by atoms with E-state index >= 15 is 0 Å². The Morgan fingerprint density at radius 2 is 1.81 bits per heavy atom. The van der Waals surface area contributed by atoms with Gasteiger partial charge in [0.1, 0.15) is 6.04 Å². The van der Waals surface area contributed by atoms with Crippen LogP contribution >= 0.6 is 11.3 Å². The van der Waals surface area contributed by atoms with Crippen LogP contribution in [0.1, 0.15) is 35.0 Å². The van der Waals surface area contributed by atoms with E-state index in [2.05, 4.69) is 5.32 Å². The van der Waals surface area contributed by atoms with Gasteiger partial charge in [-0.15, -0.1) is 11.3 Å². The highest BCUT2D eigenvalue weighted by Gasteiger charge is 2.20. The van der Waals surface area contributed by atoms with E-state index in [-0.39, 0.29) is 24.5 Å². The maximum atomic E-state index is 13.4. The molecule has 6 heteroatoms. The molecule has 1 amide bonds. The molecule has 3 aromatic rings. The number of nitrogens with two attached hydrogens (primary N) is 1. The van der Waals surface area contributed by atoms with Crippen molar-refractivity contribution in [3.05, 3.63) is 93.7 Å². The molecule has 0 fully saturated rings. The van der Waals surface area contributed by atoms with E-state index in [0.717, 1.165) is 16.5 Å². The highest BCUT2D eigenvalue weighted by molar-refractivity contribution is 7.10. The monoisotopic (exact) mass is 387 g/mol. The molecule has 27 heavy (non-hydrogen) atoms. The predicted molar refractivity (Wildman–Crippen MR) is 102 cm³/mol. The van der Waals surface area contributed by atoms with Gasteiger partial charge in [0.25, 0.3) is 5.91 Å². The minimum atomic E-state index is -0.876. The standard InChI is InChI=1S/C21H20F2N2OS/c1-14(16-9-10-17(22)18(23)12-16)24-13-20(26)25-21(19-8-5-11-27-19)15-6-3-2-4-7-15/h2-12,14,21,24H,13H2,1H3,(H,25,26)/p+1/t14-,21-/m0/s1. The second-order valence-electron chi connectivity index (χ2n) is 6.33. The van der Waals surface area contributed by atoms with Gasteiger partial charge in [0.05, 0.1) is 6.04 Å². The minimum absolute atomic E-state index is 0.119. The second-order valence-corrected chi connectivity index (χ2v) is 7.31. The fourth-order valence-electron chi connectivity index (χ4n) is 2.86. The molecule has 2 atom stereocenters. The number of halogens is 2. The molecule has 3 nitrogen and oxygen atoms in total. The summed E-state index contributed by atoms with van der Waals surface area (Å²) in [5.74, 6) is -1.86. The Morgan fingerprint density at radius 3 is 2.48 bits per heavy atom. The van der Waals surface area contributed by atoms with E-state index in [1.807, 2.05) is 54.8 Å². The minimum Gasteiger partial charge on any atom is -0.339 e. The van der Waals surface area contributed by atoms with Gasteiger partial charge in [0.15, 0.2) is 18.2 Å². The number of quaternary nitrogens is 1. The van der Waals surface area contributed by atoms with Gasteiger partial charge in [0, 0.05) is 10.4 Å². The van der Waals surface area contributed by atoms with Crippen molar-refractivity contribution in [3.8, 4) is 0 Å². The number of carbonyl (C=O) groups excluding carboxylic acids is 1. The molecule has 1 aromatic heterocycles. The largest absolute Gasteiger partial charge is 0.339 e. The molecule has 0 saturated carbocycles. The second kappa shape index (κ2) is 8.88. The molecular formula is C21H21F2N2OS+. The molecule has 3 rings (SSSR count). The van der Waals surface area contributed by atoms with Crippen LogP contribution in [0.4, 0.5) is 8.78 Å². The highest BCUT2D eigenvalue weighted by Crippen LogP contribution is 2.25. The molecule has 0 unspecified atom stereocenters. The first kappa shape index (κ1) is 19.2. The summed E-state index contributed by atoms with van der Waals surface area (Å²) in [5, 5.41) is 6.85. The van der Waals surface area contributed by atoms with Crippen molar-refractivity contribution in [2.45, 2.75) is 19.0 Å². The topological polar surface area (TPSA) is 45.7 Å². The molecule has 140 valence electrons. The summed E-state index contributed by atoms with van der Waals surface area (Å²) in [6.45, 7) is 2.04. The quantitative estimate of drug-likeness (QED) is 0.640. The Balaban J connectivity index is 1.63. The van der Waals surface area contributed by atoms with Gasteiger partial charge in [-0.25, -0.2) is 8.78 Å². The van der Waals surface area contributed by atoms with Gasteiger partial charge >= 0.3 is 0 Å². The Morgan fingerprint density at radius 1 is 1.04 bits per heavy atom. The van der Waals surface area contributed by atoms with E-state index in [1.54, 1.807) is 16.7 Å². The Kier molecular flexibility index (Phi) is 6.32. The third kappa shape index (κ3) is 4.99. The van der Waals surface area contributed by atoms with Crippen molar-refractivity contribution >= 4 is 17.2 Å². The molecule has 1 heterocycles. The first-order valence-electron chi connectivity index (χ1n) is 8.70. The van der Waals surface area contributed by atoms with E-state index in [0.29, 0.717) is 5.56 Å². The van der Waals surface area contributed by atoms with Gasteiger partial charge in [0.2, 0.25) is 0 Å². The van der Waals surface area contributed by atoms with Gasteiger partial charge in [-0.2, -0.15) is 0 Å². The van der Waals surface area contributed by atoms with E-state index in [1.165, 1.54) is 12.1 Å². The van der Waals surface area contributed by atoms with Gasteiger partial charge in [-0.05, 0) is 42.1 Å². The predicted octanol–water partition coefficient (Wildman–Crippen LogP) is 3.56. The first-order chi connectivity index (χ1) is 13.0. The van der Waals surface area contributed by atoms with Crippen LogP contribution in [-0.2, 0) is 4.79 Å². The van der Waals surface area contributed by atoms with E-state index in [4.69, 9.17) is 0 Å². The van der Waals surface area contributed by atoms with Gasteiger partial charge in [-0.3, -0.25) is 4.79 Å². The van der Waals surface area contributed by atoms with E-state index < -0.39 is 11.6 Å². The molecule has 0 aliphatic carbocycles. The zero-order valence-electron chi connectivity index (χ0n) is 14.9. The summed E-state index contributed by atoms with van der Waals surface area (Å²) >= 11 is 1.59. The van der Waals surface area contributed by atoms with Crippen molar-refractivity contribution in [3.63, 3.8) is 0 Å². The maximum Gasteiger partial charge on any atom is 0.275 e. The summed E-state index contributed by atoms with van der Waals surface area (Å²) < 4.78 is 26.5. The zero-order valence-corrected chi connectivity index (χ0v) is 15.7. The SMILES string of the molecule is C[C@H]([NH2+]CC(=O)N[C@@H](c1ccccc1)c1cccs1)c1ccc(F)c(F)c1. The van der Waals surface area contributed by atoms with Crippen molar-refractivity contribution in [2.75, 3.05) is 6.54 Å². The van der Waals surface area contributed by atoms with Crippen LogP contribution in [-0.4, -0.2) is 12.5 Å². The smallest absolute Gasteiger partial charge is 0.275 e. The van der Waals surface area contributed by atoms with Crippen LogP contribution in [0, 0.1) is 11.6 Å². The number of rotatable bonds is 7. The van der Waals surface area contributed by atoms with Crippen LogP contribution < -0.4 is 10.6 Å². The normalized spacial score (nSPS) is 13.1. The number of amides is 1. The molecule has 2 aromatic carbocycles. The van der Waals surface area contributed by atoms with E-state index in [9.17, 15) is 13.6 Å². The number of carbonyl (C=O) groups is 1. The molecule has 0 saturated heterocycles. The van der Waals surface area contributed by atoms with Crippen molar-refractivity contribution in [2.24, 2.45) is 0 Å². The third-order valence-corrected chi connectivity index (χ3v) is 5.33. The summed E-state index contributed by atoms with van der Waals surface area (Å²) in [6.07, 6.45) is 0. The number of hydrogen-bond acceptors (Lipinski definition) is 2. The van der Waals surface area contributed by atoms with Crippen LogP contribution in [0.2, 0.25) is 0 Å². The fraction of sp³-hybridized carbons (Fsp3) is 0.190. The summed E-state index contributed by atoms with van der Waals surface area (Å²) in [5.41, 5.74) is 1.65. The lowest BCUT2D eigenvalue weighted by Gasteiger charge is -2.18. The molecule has 0 aliphatic heterocycles. The highest BCUT2D eigenvalue weighted by atomic mass is 32.1. The lowest BCUT2D eigenvalue weighted by atomic mass is 10.1. The molecule has 0 radical (unpaired) electrons. The zero-order chi connectivity index (χ0) is 19.2. The van der Waals surface area contributed by atoms with Crippen LogP contribution in [0.5, 0.6) is 0 Å². The summed E-state index contributed by atoms with van der Waals surface area (Å²) in [7, 11) is 0. The molecular weight excluding hydrogens is 366 g/mol. The van der Waals surface area contributed by atoms with Gasteiger partial charge in [-0.1, -0.05) is 36.4 Å². The van der Waals surface area contributed by atoms with Crippen LogP contribution in [0.3, 0.4) is 0 Å². The van der Waals surface area contributed by atoms with Crippen molar-refractivity contribution < 1.29 is 18.9 Å². The van der Waals surface area contributed by atoms with Crippen LogP contribution in [0.25, 0.3) is 0 Å². The Hall–Kier alpha value is -2.57. The average molecular weight is 387 g/mol. The lowest BCUT2D eigenvalue weighted by Crippen LogP contribution is -2.87. The van der Waals surface area contributed by atoms with Gasteiger partial charge < -0.3 is 10.6 Å². The van der Waals surface area contributed by atoms with Crippen LogP contribution in [0.15, 0.2) is 66.0 Å². The number of nitrogens with one attached hydrogen (secondary N) is 1. The maximum absolute atomic E-state index is 13.4. The number of benzene rings is 2. The first-order valence-corrected chi connectivity index (χ1v) is 9.58. The summed E-state index contributed by atoms with van der Waals surface area (Å²) in [4.78, 5) is 13.6. The lowest BCUT2D eigenvalue weighted by molar-refractivity contribution is -0.682.